The standard InChI is InChI=1S/C29H50O4/c1-20(11-8-15-28(6,32)16-10-13-21(2)24(5)30)12-9-17-29(7)18-14-25-19-26(31)22(3)23(4)27(25)33-29/h12,21-23,26,30-32H,5,8-11,13-19H2,1-4,6-7H3/b20-12+. The third kappa shape index (κ3) is 8.47. The summed E-state index contributed by atoms with van der Waals surface area (Å²) in [6.45, 7) is 16.3. The highest BCUT2D eigenvalue weighted by Crippen LogP contribution is 2.45. The van der Waals surface area contributed by atoms with Gasteiger partial charge in [0.1, 0.15) is 5.60 Å². The van der Waals surface area contributed by atoms with Crippen LogP contribution in [0.1, 0.15) is 112 Å². The van der Waals surface area contributed by atoms with E-state index in [1.165, 1.54) is 11.1 Å². The van der Waals surface area contributed by atoms with Crippen LogP contribution in [0.4, 0.5) is 0 Å². The molecule has 6 atom stereocenters. The van der Waals surface area contributed by atoms with Crippen molar-refractivity contribution in [2.75, 3.05) is 0 Å². The lowest BCUT2D eigenvalue weighted by atomic mass is 9.75. The molecule has 0 fully saturated rings. The Bertz CT molecular complexity index is 719. The molecule has 1 aliphatic carbocycles. The molecule has 2 rings (SSSR count). The number of ether oxygens (including phenoxy) is 1. The molecule has 0 aromatic heterocycles. The Labute approximate surface area is 202 Å². The maximum atomic E-state index is 10.7. The Kier molecular flexibility index (Phi) is 10.1. The number of rotatable bonds is 12. The number of allylic oxidation sites excluding steroid dienone is 4. The van der Waals surface area contributed by atoms with Gasteiger partial charge in [-0.15, -0.1) is 0 Å². The molecule has 4 nitrogen and oxygen atoms in total. The summed E-state index contributed by atoms with van der Waals surface area (Å²) in [6, 6.07) is 0. The molecule has 1 heterocycles. The molecule has 3 N–H and O–H groups in total. The summed E-state index contributed by atoms with van der Waals surface area (Å²) in [5, 5.41) is 30.4. The summed E-state index contributed by atoms with van der Waals surface area (Å²) < 4.78 is 6.57. The van der Waals surface area contributed by atoms with Crippen LogP contribution in [-0.2, 0) is 4.74 Å². The molecule has 0 radical (unpaired) electrons. The van der Waals surface area contributed by atoms with E-state index >= 15 is 0 Å². The number of hydrogen-bond donors (Lipinski definition) is 3. The van der Waals surface area contributed by atoms with Crippen molar-refractivity contribution in [1.82, 2.24) is 0 Å². The normalized spacial score (nSPS) is 30.9. The van der Waals surface area contributed by atoms with Crippen molar-refractivity contribution in [2.45, 2.75) is 129 Å². The van der Waals surface area contributed by atoms with Gasteiger partial charge in [-0.1, -0.05) is 39.0 Å². The molecule has 0 aromatic carbocycles. The molecular weight excluding hydrogens is 412 g/mol. The summed E-state index contributed by atoms with van der Waals surface area (Å²) in [5.74, 6) is 2.03. The zero-order chi connectivity index (χ0) is 24.8. The van der Waals surface area contributed by atoms with Gasteiger partial charge in [0.2, 0.25) is 0 Å². The van der Waals surface area contributed by atoms with Crippen molar-refractivity contribution in [3.8, 4) is 0 Å². The van der Waals surface area contributed by atoms with Gasteiger partial charge < -0.3 is 20.1 Å². The van der Waals surface area contributed by atoms with E-state index in [9.17, 15) is 15.3 Å². The van der Waals surface area contributed by atoms with Gasteiger partial charge in [0.05, 0.1) is 23.2 Å². The molecule has 4 heteroatoms. The van der Waals surface area contributed by atoms with Crippen molar-refractivity contribution in [3.05, 3.63) is 35.3 Å². The number of hydrogen-bond acceptors (Lipinski definition) is 4. The second-order valence-electron chi connectivity index (χ2n) is 11.7. The zero-order valence-corrected chi connectivity index (χ0v) is 22.1. The van der Waals surface area contributed by atoms with Gasteiger partial charge in [0.15, 0.2) is 0 Å². The molecule has 0 saturated heterocycles. The smallest absolute Gasteiger partial charge is 0.106 e. The van der Waals surface area contributed by atoms with Gasteiger partial charge in [-0.2, -0.15) is 0 Å². The van der Waals surface area contributed by atoms with E-state index in [0.717, 1.165) is 76.4 Å². The SMILES string of the molecule is C=C(O)C(C)CCCC(C)(O)CCC/C(C)=C/CCC1(C)CCC2=C(O1)C(C)C(C)C(O)C2. The van der Waals surface area contributed by atoms with Crippen molar-refractivity contribution in [1.29, 1.82) is 0 Å². The Morgan fingerprint density at radius 2 is 1.97 bits per heavy atom. The first-order valence-corrected chi connectivity index (χ1v) is 13.2. The van der Waals surface area contributed by atoms with E-state index in [0.29, 0.717) is 5.92 Å². The van der Waals surface area contributed by atoms with Crippen LogP contribution in [0.5, 0.6) is 0 Å². The predicted octanol–water partition coefficient (Wildman–Crippen LogP) is 7.37. The molecule has 33 heavy (non-hydrogen) atoms. The Morgan fingerprint density at radius 3 is 2.64 bits per heavy atom. The molecule has 6 unspecified atom stereocenters. The molecule has 2 aliphatic rings. The lowest BCUT2D eigenvalue weighted by Crippen LogP contribution is -2.40. The molecule has 0 saturated carbocycles. The first-order valence-electron chi connectivity index (χ1n) is 13.2. The fourth-order valence-electron chi connectivity index (χ4n) is 5.29. The van der Waals surface area contributed by atoms with Gasteiger partial charge in [0, 0.05) is 11.8 Å². The highest BCUT2D eigenvalue weighted by atomic mass is 16.5. The minimum absolute atomic E-state index is 0.0974. The maximum Gasteiger partial charge on any atom is 0.106 e. The summed E-state index contributed by atoms with van der Waals surface area (Å²) in [7, 11) is 0. The van der Waals surface area contributed by atoms with Gasteiger partial charge in [-0.05, 0) is 103 Å². The largest absolute Gasteiger partial charge is 0.513 e. The Morgan fingerprint density at radius 1 is 1.30 bits per heavy atom. The molecule has 0 spiro atoms. The van der Waals surface area contributed by atoms with Crippen LogP contribution in [0.25, 0.3) is 0 Å². The lowest BCUT2D eigenvalue weighted by molar-refractivity contribution is -0.0493. The van der Waals surface area contributed by atoms with Crippen molar-refractivity contribution in [3.63, 3.8) is 0 Å². The van der Waals surface area contributed by atoms with E-state index < -0.39 is 5.60 Å². The van der Waals surface area contributed by atoms with Crippen LogP contribution in [0.3, 0.4) is 0 Å². The van der Waals surface area contributed by atoms with Gasteiger partial charge >= 0.3 is 0 Å². The Hall–Kier alpha value is -1.26. The van der Waals surface area contributed by atoms with Crippen molar-refractivity contribution >= 4 is 0 Å². The van der Waals surface area contributed by atoms with E-state index in [1.54, 1.807) is 0 Å². The molecule has 190 valence electrons. The minimum Gasteiger partial charge on any atom is -0.513 e. The van der Waals surface area contributed by atoms with Crippen LogP contribution >= 0.6 is 0 Å². The van der Waals surface area contributed by atoms with Crippen molar-refractivity contribution in [2.24, 2.45) is 17.8 Å². The average molecular weight is 463 g/mol. The first kappa shape index (κ1) is 28.0. The van der Waals surface area contributed by atoms with Gasteiger partial charge in [-0.25, -0.2) is 0 Å². The highest BCUT2D eigenvalue weighted by Gasteiger charge is 2.40. The van der Waals surface area contributed by atoms with E-state index in [2.05, 4.69) is 40.3 Å². The minimum atomic E-state index is -0.646. The van der Waals surface area contributed by atoms with Gasteiger partial charge in [0.25, 0.3) is 0 Å². The summed E-state index contributed by atoms with van der Waals surface area (Å²) in [5.41, 5.74) is 1.96. The van der Waals surface area contributed by atoms with E-state index in [4.69, 9.17) is 4.74 Å². The zero-order valence-electron chi connectivity index (χ0n) is 22.1. The topological polar surface area (TPSA) is 69.9 Å². The first-order chi connectivity index (χ1) is 15.3. The van der Waals surface area contributed by atoms with Crippen LogP contribution in [0, 0.1) is 17.8 Å². The fourth-order valence-corrected chi connectivity index (χ4v) is 5.29. The van der Waals surface area contributed by atoms with Crippen LogP contribution in [0.2, 0.25) is 0 Å². The monoisotopic (exact) mass is 462 g/mol. The predicted molar refractivity (Wildman–Crippen MR) is 137 cm³/mol. The lowest BCUT2D eigenvalue weighted by Gasteiger charge is -2.44. The third-order valence-electron chi connectivity index (χ3n) is 8.30. The third-order valence-corrected chi connectivity index (χ3v) is 8.30. The summed E-state index contributed by atoms with van der Waals surface area (Å²) in [6.07, 6.45) is 12.3. The molecule has 0 aromatic rings. The fraction of sp³-hybridized carbons (Fsp3) is 0.793. The van der Waals surface area contributed by atoms with E-state index in [1.807, 2.05) is 13.8 Å². The summed E-state index contributed by atoms with van der Waals surface area (Å²) >= 11 is 0. The van der Waals surface area contributed by atoms with Gasteiger partial charge in [-0.3, -0.25) is 0 Å². The van der Waals surface area contributed by atoms with Crippen LogP contribution < -0.4 is 0 Å². The second kappa shape index (κ2) is 11.9. The number of aliphatic hydroxyl groups excluding tert-OH is 2. The van der Waals surface area contributed by atoms with Crippen LogP contribution in [0.15, 0.2) is 35.3 Å². The quantitative estimate of drug-likeness (QED) is 0.209. The maximum absolute atomic E-state index is 10.7. The molecular formula is C29H50O4. The highest BCUT2D eigenvalue weighted by molar-refractivity contribution is 5.21. The van der Waals surface area contributed by atoms with Crippen molar-refractivity contribution < 1.29 is 20.1 Å². The Balaban J connectivity index is 1.73. The molecule has 0 bridgehead atoms. The summed E-state index contributed by atoms with van der Waals surface area (Å²) in [4.78, 5) is 0. The second-order valence-corrected chi connectivity index (χ2v) is 11.7. The number of aliphatic hydroxyl groups is 3. The van der Waals surface area contributed by atoms with Crippen LogP contribution in [-0.4, -0.2) is 32.6 Å². The molecule has 1 aliphatic heterocycles. The molecule has 0 amide bonds. The average Bonchev–Trinajstić information content (AvgIpc) is 2.72. The van der Waals surface area contributed by atoms with E-state index in [-0.39, 0.29) is 29.3 Å².